The monoisotopic (exact) mass is 630 g/mol. The number of halogens is 1. The average Bonchev–Trinajstić information content (AvgIpc) is 3.47. The molecule has 0 unspecified atom stereocenters. The van der Waals surface area contributed by atoms with Gasteiger partial charge >= 0.3 is 5.97 Å². The highest BCUT2D eigenvalue weighted by atomic mass is 35.5. The number of nitrogens with zero attached hydrogens (tertiary/aromatic N) is 5. The van der Waals surface area contributed by atoms with E-state index in [9.17, 15) is 10.1 Å². The van der Waals surface area contributed by atoms with Gasteiger partial charge in [-0.2, -0.15) is 5.26 Å². The Morgan fingerprint density at radius 2 is 1.88 bits per heavy atom. The van der Waals surface area contributed by atoms with Gasteiger partial charge in [-0.15, -0.1) is 11.3 Å². The van der Waals surface area contributed by atoms with Crippen molar-refractivity contribution in [2.75, 3.05) is 37.7 Å². The number of aromatic nitrogens is 2. The van der Waals surface area contributed by atoms with Gasteiger partial charge in [0.05, 0.1) is 24.3 Å². The molecule has 9 nitrogen and oxygen atoms in total. The molecule has 1 aliphatic rings. The van der Waals surface area contributed by atoms with Crippen LogP contribution < -0.4 is 15.4 Å². The van der Waals surface area contributed by atoms with Crippen LogP contribution in [0.4, 0.5) is 11.5 Å². The van der Waals surface area contributed by atoms with Crippen LogP contribution in [0.3, 0.4) is 0 Å². The summed E-state index contributed by atoms with van der Waals surface area (Å²) in [6, 6.07) is 17.1. The van der Waals surface area contributed by atoms with Gasteiger partial charge in [0.25, 0.3) is 0 Å². The van der Waals surface area contributed by atoms with Gasteiger partial charge in [0.15, 0.2) is 0 Å². The van der Waals surface area contributed by atoms with Crippen molar-refractivity contribution >= 4 is 52.2 Å². The fourth-order valence-corrected chi connectivity index (χ4v) is 6.28. The van der Waals surface area contributed by atoms with Gasteiger partial charge < -0.3 is 20.1 Å². The molecule has 0 radical (unpaired) electrons. The second-order valence-electron chi connectivity index (χ2n) is 9.47. The Bertz CT molecular complexity index is 1680. The SMILES string of the molecule is [C-]#[N+]c1c(N2CCC2)nc(SCc2csc(-c3ccc(Cl)cc3)n2)c(C#N)c1-c1ccc(OCCOC(=O)CCN)cc1. The van der Waals surface area contributed by atoms with Gasteiger partial charge in [0, 0.05) is 46.9 Å². The summed E-state index contributed by atoms with van der Waals surface area (Å²) in [5.74, 6) is 1.33. The summed E-state index contributed by atoms with van der Waals surface area (Å²) in [6.45, 7) is 10.2. The minimum Gasteiger partial charge on any atom is -0.490 e. The Morgan fingerprint density at radius 1 is 1.14 bits per heavy atom. The highest BCUT2D eigenvalue weighted by Crippen LogP contribution is 2.45. The Morgan fingerprint density at radius 3 is 2.53 bits per heavy atom. The zero-order chi connectivity index (χ0) is 30.2. The van der Waals surface area contributed by atoms with E-state index in [-0.39, 0.29) is 32.1 Å². The number of anilines is 1. The van der Waals surface area contributed by atoms with Crippen LogP contribution in [-0.4, -0.2) is 48.8 Å². The van der Waals surface area contributed by atoms with Crippen LogP contribution in [0.2, 0.25) is 5.02 Å². The molecule has 0 spiro atoms. The standard InChI is InChI=1S/C31H27ClN6O3S2/c1-35-28-27(20-5-9-24(10-6-20)40-15-16-41-26(39)11-12-33)25(17-34)31(37-29(28)38-13-2-14-38)43-19-23-18-42-30(36-23)21-3-7-22(32)8-4-21/h3-10,18H,2,11-16,19,33H2. The Hall–Kier alpha value is -4.13. The zero-order valence-electron chi connectivity index (χ0n) is 23.1. The Balaban J connectivity index is 1.39. The lowest BCUT2D eigenvalue weighted by molar-refractivity contribution is -0.144. The summed E-state index contributed by atoms with van der Waals surface area (Å²) in [5, 5.41) is 14.4. The Labute approximate surface area is 263 Å². The number of hydrogen-bond donors (Lipinski definition) is 1. The molecule has 0 saturated carbocycles. The molecule has 0 amide bonds. The van der Waals surface area contributed by atoms with E-state index in [1.165, 1.54) is 11.8 Å². The van der Waals surface area contributed by atoms with Gasteiger partial charge in [-0.1, -0.05) is 47.6 Å². The minimum absolute atomic E-state index is 0.116. The molecule has 3 heterocycles. The van der Waals surface area contributed by atoms with Crippen molar-refractivity contribution in [1.29, 1.82) is 5.26 Å². The van der Waals surface area contributed by atoms with Gasteiger partial charge in [-0.3, -0.25) is 4.79 Å². The molecule has 1 aliphatic heterocycles. The molecule has 1 saturated heterocycles. The maximum Gasteiger partial charge on any atom is 0.307 e. The molecule has 43 heavy (non-hydrogen) atoms. The molecule has 2 N–H and O–H groups in total. The maximum absolute atomic E-state index is 11.5. The van der Waals surface area contributed by atoms with Crippen LogP contribution in [0.15, 0.2) is 58.9 Å². The van der Waals surface area contributed by atoms with Crippen molar-refractivity contribution in [3.63, 3.8) is 0 Å². The zero-order valence-corrected chi connectivity index (χ0v) is 25.5. The number of carbonyl (C=O) groups is 1. The summed E-state index contributed by atoms with van der Waals surface area (Å²) in [6.07, 6.45) is 1.19. The minimum atomic E-state index is -0.363. The van der Waals surface area contributed by atoms with Crippen LogP contribution >= 0.6 is 34.7 Å². The van der Waals surface area contributed by atoms with Gasteiger partial charge in [-0.25, -0.2) is 14.8 Å². The third-order valence-electron chi connectivity index (χ3n) is 6.61. The predicted octanol–water partition coefficient (Wildman–Crippen LogP) is 6.72. The fourth-order valence-electron chi connectivity index (χ4n) is 4.35. The number of nitrogens with two attached hydrogens (primary N) is 1. The van der Waals surface area contributed by atoms with E-state index in [4.69, 9.17) is 43.3 Å². The van der Waals surface area contributed by atoms with Gasteiger partial charge in [0.2, 0.25) is 5.69 Å². The number of esters is 1. The second-order valence-corrected chi connectivity index (χ2v) is 11.7. The van der Waals surface area contributed by atoms with Crippen molar-refractivity contribution in [1.82, 2.24) is 9.97 Å². The first-order valence-electron chi connectivity index (χ1n) is 13.5. The number of rotatable bonds is 12. The number of nitriles is 1. The van der Waals surface area contributed by atoms with E-state index in [2.05, 4.69) is 15.8 Å². The number of thiazole rings is 1. The van der Waals surface area contributed by atoms with Crippen LogP contribution in [0, 0.1) is 17.9 Å². The second kappa shape index (κ2) is 14.4. The summed E-state index contributed by atoms with van der Waals surface area (Å²) in [4.78, 5) is 27.0. The number of ether oxygens (including phenoxy) is 2. The molecule has 5 rings (SSSR count). The number of benzene rings is 2. The van der Waals surface area contributed by atoms with Crippen LogP contribution in [0.5, 0.6) is 5.75 Å². The van der Waals surface area contributed by atoms with Gasteiger partial charge in [-0.05, 0) is 36.2 Å². The largest absolute Gasteiger partial charge is 0.490 e. The molecule has 12 heteroatoms. The molecular formula is C31H27ClN6O3S2. The van der Waals surface area contributed by atoms with Crippen molar-refractivity contribution in [3.8, 4) is 33.5 Å². The Kier molecular flexibility index (Phi) is 10.1. The number of hydrogen-bond acceptors (Lipinski definition) is 10. The summed E-state index contributed by atoms with van der Waals surface area (Å²) >= 11 is 9.02. The third kappa shape index (κ3) is 7.27. The quantitative estimate of drug-likeness (QED) is 0.0787. The smallest absolute Gasteiger partial charge is 0.307 e. The van der Waals surface area contributed by atoms with E-state index < -0.39 is 0 Å². The molecule has 1 fully saturated rings. The van der Waals surface area contributed by atoms with E-state index in [1.54, 1.807) is 23.5 Å². The first-order valence-corrected chi connectivity index (χ1v) is 15.8. The van der Waals surface area contributed by atoms with Crippen LogP contribution in [-0.2, 0) is 15.3 Å². The van der Waals surface area contributed by atoms with Gasteiger partial charge in [0.1, 0.15) is 40.9 Å². The highest BCUT2D eigenvalue weighted by molar-refractivity contribution is 7.98. The van der Waals surface area contributed by atoms with E-state index in [0.717, 1.165) is 35.8 Å². The van der Waals surface area contributed by atoms with Crippen molar-refractivity contribution in [2.45, 2.75) is 23.6 Å². The van der Waals surface area contributed by atoms with Crippen molar-refractivity contribution in [2.24, 2.45) is 5.73 Å². The molecule has 2 aromatic carbocycles. The third-order valence-corrected chi connectivity index (χ3v) is 8.81. The summed E-state index contributed by atoms with van der Waals surface area (Å²) in [5.41, 5.74) is 9.21. The topological polar surface area (TPSA) is 119 Å². The lowest BCUT2D eigenvalue weighted by Gasteiger charge is -2.34. The first kappa shape index (κ1) is 30.3. The molecule has 218 valence electrons. The summed E-state index contributed by atoms with van der Waals surface area (Å²) < 4.78 is 10.8. The molecule has 2 aromatic heterocycles. The number of carbonyl (C=O) groups excluding carboxylic acids is 1. The molecular weight excluding hydrogens is 604 g/mol. The van der Waals surface area contributed by atoms with Crippen LogP contribution in [0.25, 0.3) is 26.5 Å². The lowest BCUT2D eigenvalue weighted by atomic mass is 9.99. The normalized spacial score (nSPS) is 12.2. The van der Waals surface area contributed by atoms with E-state index in [0.29, 0.717) is 49.7 Å². The summed E-state index contributed by atoms with van der Waals surface area (Å²) in [7, 11) is 0. The number of thioether (sulfide) groups is 1. The predicted molar refractivity (Wildman–Crippen MR) is 170 cm³/mol. The van der Waals surface area contributed by atoms with Crippen LogP contribution in [0.1, 0.15) is 24.1 Å². The van der Waals surface area contributed by atoms with Crippen molar-refractivity contribution < 1.29 is 14.3 Å². The highest BCUT2D eigenvalue weighted by Gasteiger charge is 2.27. The lowest BCUT2D eigenvalue weighted by Crippen LogP contribution is -2.37. The number of pyridine rings is 1. The average molecular weight is 631 g/mol. The fraction of sp³-hybridized carbons (Fsp3) is 0.258. The maximum atomic E-state index is 11.5. The molecule has 0 bridgehead atoms. The first-order chi connectivity index (χ1) is 21.0. The van der Waals surface area contributed by atoms with Crippen molar-refractivity contribution in [3.05, 3.63) is 81.6 Å². The van der Waals surface area contributed by atoms with E-state index in [1.807, 2.05) is 41.8 Å². The molecule has 0 atom stereocenters. The molecule has 4 aromatic rings. The molecule has 0 aliphatic carbocycles. The van der Waals surface area contributed by atoms with E-state index >= 15 is 0 Å².